The molecule has 16 nitrogen and oxygen atoms in total. The number of carboxylic acid groups (broad SMARTS) is 1. The van der Waals surface area contributed by atoms with Crippen LogP contribution in [0.4, 0.5) is 46.9 Å². The van der Waals surface area contributed by atoms with Gasteiger partial charge in [-0.3, -0.25) is 24.1 Å². The van der Waals surface area contributed by atoms with Crippen LogP contribution in [0, 0.1) is 5.82 Å². The van der Waals surface area contributed by atoms with E-state index in [-0.39, 0.29) is 98.8 Å². The molecule has 2 N–H and O–H groups in total. The standard InChI is InChI=1S/C76H89F7N8O8.3ClH/c1-53(2)90(71(95)55-23-29-62(30-24-55)84-36-14-6-9-22-68(92)86(4)44-45-87-39-31-63(32-40-87)91(72(96)97)66-21-13-11-19-64(66)54-16-7-5-8-17-54)38-15-37-85(3)69(93)50-98-67-48-56-18-10-12-20-65(56)73(67)33-41-88(42-34-73)43-35-74(58-25-27-61(77)28-26-58)51-89(52-99-74)70(94)57-46-59(75(78,79)80)49-60(47-57)76(81,82)83;;;/h5,7-8,10-13,16-21,23-30,46-47,49,53,63,67,84H,6,9,14-15,22,31-45,48,50-52H2,1-4H3,(H,96,97);3*1H/t67-,74+;;;/m0.../s1. The zero-order chi connectivity index (χ0) is 70.7. The number of nitrogens with zero attached hydrogens (tertiary/aromatic N) is 7. The van der Waals surface area contributed by atoms with Crippen LogP contribution in [0.15, 0.2) is 146 Å². The Bertz CT molecular complexity index is 3720. The number of anilines is 2. The van der Waals surface area contributed by atoms with Gasteiger partial charge in [-0.15, -0.1) is 37.2 Å². The fourth-order valence-electron chi connectivity index (χ4n) is 14.5. The minimum Gasteiger partial charge on any atom is -0.465 e. The molecule has 0 bridgehead atoms. The Hall–Kier alpha value is -7.51. The van der Waals surface area contributed by atoms with Crippen LogP contribution in [0.1, 0.15) is 127 Å². The monoisotopic (exact) mass is 1480 g/mol. The number of halogens is 10. The van der Waals surface area contributed by atoms with Gasteiger partial charge in [0.1, 0.15) is 24.8 Å². The summed E-state index contributed by atoms with van der Waals surface area (Å²) < 4.78 is 110. The largest absolute Gasteiger partial charge is 0.465 e. The summed E-state index contributed by atoms with van der Waals surface area (Å²) in [6, 6.07) is 39.0. The number of nitrogens with one attached hydrogen (secondary N) is 1. The smallest absolute Gasteiger partial charge is 0.416 e. The third kappa shape index (κ3) is 20.1. The lowest BCUT2D eigenvalue weighted by molar-refractivity contribution is -0.143. The van der Waals surface area contributed by atoms with E-state index in [1.807, 2.05) is 112 Å². The summed E-state index contributed by atoms with van der Waals surface area (Å²) in [6.45, 7) is 9.08. The maximum absolute atomic E-state index is 14.3. The van der Waals surface area contributed by atoms with Gasteiger partial charge in [0.25, 0.3) is 11.8 Å². The van der Waals surface area contributed by atoms with Crippen molar-refractivity contribution in [2.45, 2.75) is 126 Å². The van der Waals surface area contributed by atoms with Crippen LogP contribution in [0.3, 0.4) is 0 Å². The summed E-state index contributed by atoms with van der Waals surface area (Å²) in [7, 11) is 3.57. The maximum atomic E-state index is 14.3. The van der Waals surface area contributed by atoms with Gasteiger partial charge in [0.15, 0.2) is 0 Å². The van der Waals surface area contributed by atoms with Crippen LogP contribution < -0.4 is 10.2 Å². The molecule has 3 heterocycles. The van der Waals surface area contributed by atoms with Crippen molar-refractivity contribution in [1.29, 1.82) is 0 Å². The summed E-state index contributed by atoms with van der Waals surface area (Å²) in [5.41, 5.74) is 1.08. The second-order valence-electron chi connectivity index (χ2n) is 27.0. The first-order chi connectivity index (χ1) is 47.3. The molecule has 6 aromatic rings. The summed E-state index contributed by atoms with van der Waals surface area (Å²) >= 11 is 0. The Morgan fingerprint density at radius 1 is 0.676 bits per heavy atom. The summed E-state index contributed by atoms with van der Waals surface area (Å²) in [6.07, 6.45) is -4.48. The lowest BCUT2D eigenvalue weighted by Crippen LogP contribution is -2.50. The molecule has 0 aromatic heterocycles. The van der Waals surface area contributed by atoms with Gasteiger partial charge in [-0.1, -0.05) is 91.3 Å². The van der Waals surface area contributed by atoms with E-state index in [1.165, 1.54) is 29.2 Å². The fraction of sp³-hybridized carbons (Fsp3) is 0.461. The van der Waals surface area contributed by atoms with Crippen molar-refractivity contribution < 1.29 is 69.3 Å². The number of carbonyl (C=O) groups is 5. The normalized spacial score (nSPS) is 17.6. The van der Waals surface area contributed by atoms with Crippen LogP contribution in [0.5, 0.6) is 0 Å². The van der Waals surface area contributed by atoms with Crippen LogP contribution in [0.2, 0.25) is 0 Å². The van der Waals surface area contributed by atoms with Crippen molar-refractivity contribution in [1.82, 2.24) is 29.4 Å². The molecule has 0 unspecified atom stereocenters. The topological polar surface area (TPSA) is 159 Å². The number of piperidine rings is 2. The predicted molar refractivity (Wildman–Crippen MR) is 386 cm³/mol. The Balaban J connectivity index is 0.00000486. The number of benzene rings is 6. The molecule has 3 fully saturated rings. The Kier molecular flexibility index (Phi) is 29.1. The highest BCUT2D eigenvalue weighted by Crippen LogP contribution is 2.49. The average molecular weight is 1480 g/mol. The van der Waals surface area contributed by atoms with E-state index in [4.69, 9.17) is 9.47 Å². The summed E-state index contributed by atoms with van der Waals surface area (Å²) in [4.78, 5) is 79.6. The molecular formula is C76H92Cl3F7N8O8. The molecular weight excluding hydrogens is 1390 g/mol. The number of likely N-dealkylation sites (tertiary alicyclic amines) is 2. The molecule has 0 radical (unpaired) electrons. The zero-order valence-corrected chi connectivity index (χ0v) is 60.3. The number of hydrogen-bond acceptors (Lipinski definition) is 10. The number of fused-ring (bicyclic) bond motifs is 2. The molecule has 3 saturated heterocycles. The number of rotatable bonds is 27. The number of para-hydroxylation sites is 1. The first-order valence-electron chi connectivity index (χ1n) is 34.3. The summed E-state index contributed by atoms with van der Waals surface area (Å²) in [5.74, 6) is -1.81. The van der Waals surface area contributed by atoms with Crippen molar-refractivity contribution >= 4 is 78.3 Å². The quantitative estimate of drug-likeness (QED) is 0.0373. The van der Waals surface area contributed by atoms with Crippen molar-refractivity contribution in [3.63, 3.8) is 0 Å². The molecule has 1 spiro atoms. The molecule has 4 aliphatic rings. The third-order valence-corrected chi connectivity index (χ3v) is 20.3. The van der Waals surface area contributed by atoms with Crippen LogP contribution in [0.25, 0.3) is 11.1 Å². The van der Waals surface area contributed by atoms with E-state index >= 15 is 0 Å². The van der Waals surface area contributed by atoms with Gasteiger partial charge in [0.2, 0.25) is 11.8 Å². The van der Waals surface area contributed by atoms with Crippen LogP contribution in [-0.4, -0.2) is 182 Å². The van der Waals surface area contributed by atoms with Gasteiger partial charge in [-0.25, -0.2) is 9.18 Å². The minimum atomic E-state index is -5.15. The Morgan fingerprint density at radius 2 is 1.29 bits per heavy atom. The van der Waals surface area contributed by atoms with Gasteiger partial charge in [-0.2, -0.15) is 26.3 Å². The number of alkyl halides is 6. The lowest BCUT2D eigenvalue weighted by atomic mass is 9.72. The van der Waals surface area contributed by atoms with Gasteiger partial charge in [0, 0.05) is 113 Å². The number of ether oxygens (including phenoxy) is 2. The van der Waals surface area contributed by atoms with Crippen LogP contribution >= 0.6 is 37.2 Å². The van der Waals surface area contributed by atoms with Gasteiger partial charge in [0.05, 0.1) is 29.5 Å². The molecule has 26 heteroatoms. The first-order valence-corrected chi connectivity index (χ1v) is 34.3. The molecule has 554 valence electrons. The van der Waals surface area contributed by atoms with Crippen molar-refractivity contribution in [3.8, 4) is 11.1 Å². The molecule has 10 rings (SSSR count). The molecule has 2 atom stereocenters. The number of likely N-dealkylation sites (N-methyl/N-ethyl adjacent to an activating group) is 2. The van der Waals surface area contributed by atoms with Gasteiger partial charge in [-0.05, 0) is 168 Å². The molecule has 0 saturated carbocycles. The zero-order valence-electron chi connectivity index (χ0n) is 57.9. The highest BCUT2D eigenvalue weighted by atomic mass is 35.5. The van der Waals surface area contributed by atoms with E-state index in [9.17, 15) is 59.8 Å². The molecule has 3 aliphatic heterocycles. The number of amides is 5. The SMILES string of the molecule is CC(C)N(CCCN(C)C(=O)CO[C@H]1Cc2ccccc2C12CCN(CC[C@]1(c3ccc(F)cc3)CN(C(=O)c3cc(C(F)(F)F)cc(C(F)(F)F)c3)CO1)CC2)C(=O)c1ccc(NCCCCCC(=O)N(C)CCN2CCC(N(C(=O)O)c3ccccc3-c3ccccc3)CC2)cc1.Cl.Cl.Cl. The highest BCUT2D eigenvalue weighted by molar-refractivity contribution is 5.96. The molecule has 6 aromatic carbocycles. The van der Waals surface area contributed by atoms with Crippen molar-refractivity contribution in [3.05, 3.63) is 190 Å². The van der Waals surface area contributed by atoms with Crippen molar-refractivity contribution in [2.75, 3.05) is 110 Å². The van der Waals surface area contributed by atoms with E-state index in [0.29, 0.717) is 120 Å². The Labute approximate surface area is 611 Å². The second kappa shape index (κ2) is 36.3. The molecule has 5 amide bonds. The molecule has 102 heavy (non-hydrogen) atoms. The number of carbonyl (C=O) groups excluding carboxylic acids is 4. The second-order valence-corrected chi connectivity index (χ2v) is 27.0. The third-order valence-electron chi connectivity index (χ3n) is 20.3. The average Bonchev–Trinajstić information content (AvgIpc) is 1.58. The highest BCUT2D eigenvalue weighted by Gasteiger charge is 2.50. The predicted octanol–water partition coefficient (Wildman–Crippen LogP) is 15.0. The first kappa shape index (κ1) is 81.8. The van der Waals surface area contributed by atoms with Gasteiger partial charge < -0.3 is 49.3 Å². The van der Waals surface area contributed by atoms with Gasteiger partial charge >= 0.3 is 18.4 Å². The maximum Gasteiger partial charge on any atom is 0.416 e. The molecule has 1 aliphatic carbocycles. The van der Waals surface area contributed by atoms with E-state index in [1.54, 1.807) is 21.7 Å². The van der Waals surface area contributed by atoms with E-state index < -0.39 is 64.6 Å². The minimum absolute atomic E-state index is 0. The fourth-order valence-corrected chi connectivity index (χ4v) is 14.5. The number of hydrogen-bond donors (Lipinski definition) is 2. The van der Waals surface area contributed by atoms with E-state index in [0.717, 1.165) is 71.7 Å². The number of unbranched alkanes of at least 4 members (excludes halogenated alkanes) is 2. The summed E-state index contributed by atoms with van der Waals surface area (Å²) in [5, 5.41) is 13.8. The van der Waals surface area contributed by atoms with Crippen molar-refractivity contribution in [2.24, 2.45) is 0 Å². The Morgan fingerprint density at radius 3 is 1.94 bits per heavy atom. The van der Waals surface area contributed by atoms with Crippen LogP contribution in [-0.2, 0) is 48.9 Å². The lowest BCUT2D eigenvalue weighted by Gasteiger charge is -2.44. The van der Waals surface area contributed by atoms with E-state index in [2.05, 4.69) is 27.2 Å².